The average Bonchev–Trinajstić information content (AvgIpc) is 3.26. The van der Waals surface area contributed by atoms with Crippen molar-refractivity contribution in [3.8, 4) is 11.4 Å². The Kier molecular flexibility index (Phi) is 6.73. The molecule has 0 aliphatic rings. The molecule has 0 saturated carbocycles. The lowest BCUT2D eigenvalue weighted by Gasteiger charge is -2.14. The second-order valence-corrected chi connectivity index (χ2v) is 6.62. The summed E-state index contributed by atoms with van der Waals surface area (Å²) < 4.78 is 44.6. The monoisotopic (exact) mass is 450 g/mol. The number of nitrogens with zero attached hydrogens (tertiary/aromatic N) is 3. The van der Waals surface area contributed by atoms with Crippen LogP contribution in [-0.4, -0.2) is 45.0 Å². The van der Waals surface area contributed by atoms with Crippen LogP contribution in [-0.2, 0) is 6.18 Å². The molecule has 0 saturated heterocycles. The lowest BCUT2D eigenvalue weighted by Crippen LogP contribution is -2.35. The van der Waals surface area contributed by atoms with Gasteiger partial charge in [0.2, 0.25) is 0 Å². The highest BCUT2D eigenvalue weighted by molar-refractivity contribution is 5.92. The molecule has 1 heterocycles. The quantitative estimate of drug-likeness (QED) is 0.402. The maximum Gasteiger partial charge on any atom is 0.416 e. The highest BCUT2D eigenvalue weighted by Crippen LogP contribution is 2.31. The summed E-state index contributed by atoms with van der Waals surface area (Å²) in [5.74, 6) is -0.687. The number of benzene rings is 2. The van der Waals surface area contributed by atoms with E-state index in [-0.39, 0.29) is 30.3 Å². The lowest BCUT2D eigenvalue weighted by molar-refractivity contribution is -0.384. The van der Waals surface area contributed by atoms with Crippen molar-refractivity contribution in [3.05, 3.63) is 82.2 Å². The van der Waals surface area contributed by atoms with E-state index in [1.807, 2.05) is 0 Å². The number of aromatic nitrogens is 2. The number of amides is 1. The number of ether oxygens (including phenoxy) is 1. The smallest absolute Gasteiger partial charge is 0.416 e. The number of nitrogens with one attached hydrogen (secondary N) is 1. The molecule has 1 atom stereocenters. The molecule has 0 aliphatic carbocycles. The zero-order valence-electron chi connectivity index (χ0n) is 16.3. The van der Waals surface area contributed by atoms with E-state index < -0.39 is 28.7 Å². The van der Waals surface area contributed by atoms with Gasteiger partial charge in [-0.25, -0.2) is 4.68 Å². The van der Waals surface area contributed by atoms with E-state index in [0.717, 1.165) is 12.1 Å². The minimum atomic E-state index is -4.51. The molecule has 3 rings (SSSR count). The van der Waals surface area contributed by atoms with Gasteiger partial charge in [0.1, 0.15) is 18.5 Å². The Morgan fingerprint density at radius 1 is 1.22 bits per heavy atom. The Morgan fingerprint density at radius 3 is 2.69 bits per heavy atom. The highest BCUT2D eigenvalue weighted by Gasteiger charge is 2.30. The number of carbonyl (C=O) groups excluding carboxylic acids is 1. The van der Waals surface area contributed by atoms with Crippen LogP contribution in [0.15, 0.2) is 60.8 Å². The van der Waals surface area contributed by atoms with E-state index in [1.165, 1.54) is 47.3 Å². The van der Waals surface area contributed by atoms with Crippen LogP contribution >= 0.6 is 0 Å². The van der Waals surface area contributed by atoms with Gasteiger partial charge in [-0.15, -0.1) is 0 Å². The maximum atomic E-state index is 12.7. The Labute approximate surface area is 179 Å². The van der Waals surface area contributed by atoms with Crippen LogP contribution in [0.1, 0.15) is 16.1 Å². The number of hydrogen-bond acceptors (Lipinski definition) is 6. The minimum absolute atomic E-state index is 0.00232. The van der Waals surface area contributed by atoms with Gasteiger partial charge < -0.3 is 15.2 Å². The van der Waals surface area contributed by atoms with Gasteiger partial charge in [0.05, 0.1) is 16.2 Å². The molecule has 168 valence electrons. The fourth-order valence-electron chi connectivity index (χ4n) is 2.65. The normalized spacial score (nSPS) is 12.2. The first-order chi connectivity index (χ1) is 15.1. The number of hydrogen-bond donors (Lipinski definition) is 2. The molecule has 1 amide bonds. The predicted octanol–water partition coefficient (Wildman–Crippen LogP) is 2.97. The van der Waals surface area contributed by atoms with Crippen molar-refractivity contribution < 1.29 is 32.7 Å². The zero-order chi connectivity index (χ0) is 23.3. The summed E-state index contributed by atoms with van der Waals surface area (Å²) in [6.07, 6.45) is -4.26. The number of nitro benzene ring substituents is 1. The van der Waals surface area contributed by atoms with Gasteiger partial charge in [-0.1, -0.05) is 12.1 Å². The number of carbonyl (C=O) groups is 1. The molecule has 0 bridgehead atoms. The van der Waals surface area contributed by atoms with Gasteiger partial charge in [0, 0.05) is 24.9 Å². The van der Waals surface area contributed by atoms with Crippen molar-refractivity contribution in [2.24, 2.45) is 0 Å². The zero-order valence-corrected chi connectivity index (χ0v) is 16.3. The number of nitro groups is 1. The highest BCUT2D eigenvalue weighted by atomic mass is 19.4. The molecule has 32 heavy (non-hydrogen) atoms. The number of non-ortho nitro benzene ring substituents is 1. The number of aliphatic hydroxyl groups excluding tert-OH is 1. The van der Waals surface area contributed by atoms with Crippen LogP contribution < -0.4 is 10.1 Å². The van der Waals surface area contributed by atoms with Crippen LogP contribution in [0.4, 0.5) is 18.9 Å². The van der Waals surface area contributed by atoms with E-state index in [4.69, 9.17) is 4.74 Å². The van der Waals surface area contributed by atoms with Crippen molar-refractivity contribution in [1.82, 2.24) is 15.1 Å². The summed E-state index contributed by atoms with van der Waals surface area (Å²) in [6, 6.07) is 11.3. The Morgan fingerprint density at radius 2 is 1.97 bits per heavy atom. The van der Waals surface area contributed by atoms with E-state index in [1.54, 1.807) is 6.07 Å². The van der Waals surface area contributed by atoms with Crippen molar-refractivity contribution in [2.75, 3.05) is 13.2 Å². The first-order valence-corrected chi connectivity index (χ1v) is 9.20. The SMILES string of the molecule is O=C(NCC(O)COc1cccc(C(F)(F)F)c1)c1ccn(-c2cccc([N+](=O)[O-])c2)n1. The number of alkyl halides is 3. The van der Waals surface area contributed by atoms with Gasteiger partial charge >= 0.3 is 6.18 Å². The molecule has 2 N–H and O–H groups in total. The molecular formula is C20H17F3N4O5. The van der Waals surface area contributed by atoms with E-state index >= 15 is 0 Å². The summed E-state index contributed by atoms with van der Waals surface area (Å²) in [4.78, 5) is 22.6. The number of halogens is 3. The molecule has 0 radical (unpaired) electrons. The Hall–Kier alpha value is -3.93. The van der Waals surface area contributed by atoms with Crippen LogP contribution in [0.2, 0.25) is 0 Å². The number of rotatable bonds is 8. The van der Waals surface area contributed by atoms with Gasteiger partial charge in [-0.2, -0.15) is 18.3 Å². The molecule has 0 spiro atoms. The molecule has 0 aliphatic heterocycles. The van der Waals surface area contributed by atoms with Crippen LogP contribution in [0.3, 0.4) is 0 Å². The molecule has 12 heteroatoms. The molecule has 2 aromatic carbocycles. The minimum Gasteiger partial charge on any atom is -0.491 e. The van der Waals surface area contributed by atoms with Gasteiger partial charge in [0.15, 0.2) is 5.69 Å². The van der Waals surface area contributed by atoms with Crippen LogP contribution in [0, 0.1) is 10.1 Å². The fourth-order valence-corrected chi connectivity index (χ4v) is 2.65. The summed E-state index contributed by atoms with van der Waals surface area (Å²) in [5, 5.41) is 27.3. The Bertz CT molecular complexity index is 1120. The van der Waals surface area contributed by atoms with Crippen LogP contribution in [0.5, 0.6) is 5.75 Å². The first-order valence-electron chi connectivity index (χ1n) is 9.20. The predicted molar refractivity (Wildman–Crippen MR) is 105 cm³/mol. The maximum absolute atomic E-state index is 12.7. The van der Waals surface area contributed by atoms with E-state index in [9.17, 15) is 33.2 Å². The summed E-state index contributed by atoms with van der Waals surface area (Å²) in [5.41, 5.74) is -0.625. The second kappa shape index (κ2) is 9.47. The third-order valence-electron chi connectivity index (χ3n) is 4.23. The van der Waals surface area contributed by atoms with Gasteiger partial charge in [-0.3, -0.25) is 14.9 Å². The van der Waals surface area contributed by atoms with Crippen LogP contribution in [0.25, 0.3) is 5.69 Å². The molecule has 3 aromatic rings. The molecule has 1 unspecified atom stereocenters. The molecular weight excluding hydrogens is 433 g/mol. The average molecular weight is 450 g/mol. The summed E-state index contributed by atoms with van der Waals surface area (Å²) in [6.45, 7) is -0.578. The standard InChI is InChI=1S/C20H17F3N4O5/c21-20(22,23)13-3-1-6-17(9-13)32-12-16(28)11-24-19(29)18-7-8-26(25-18)14-4-2-5-15(10-14)27(30)31/h1-10,16,28H,11-12H2,(H,24,29). The lowest BCUT2D eigenvalue weighted by atomic mass is 10.2. The summed E-state index contributed by atoms with van der Waals surface area (Å²) in [7, 11) is 0. The molecule has 0 fully saturated rings. The Balaban J connectivity index is 1.53. The largest absolute Gasteiger partial charge is 0.491 e. The van der Waals surface area contributed by atoms with Gasteiger partial charge in [0.25, 0.3) is 11.6 Å². The third-order valence-corrected chi connectivity index (χ3v) is 4.23. The fraction of sp³-hybridized carbons (Fsp3) is 0.200. The van der Waals surface area contributed by atoms with Crippen molar-refractivity contribution in [3.63, 3.8) is 0 Å². The molecule has 1 aromatic heterocycles. The van der Waals surface area contributed by atoms with Crippen molar-refractivity contribution in [2.45, 2.75) is 12.3 Å². The topological polar surface area (TPSA) is 120 Å². The summed E-state index contributed by atoms with van der Waals surface area (Å²) >= 11 is 0. The third kappa shape index (κ3) is 5.82. The first kappa shape index (κ1) is 22.7. The van der Waals surface area contributed by atoms with E-state index in [0.29, 0.717) is 5.69 Å². The van der Waals surface area contributed by atoms with Crippen molar-refractivity contribution in [1.29, 1.82) is 0 Å². The molecule has 9 nitrogen and oxygen atoms in total. The number of aliphatic hydroxyl groups is 1. The van der Waals surface area contributed by atoms with E-state index in [2.05, 4.69) is 10.4 Å². The second-order valence-electron chi connectivity index (χ2n) is 6.62. The van der Waals surface area contributed by atoms with Gasteiger partial charge in [-0.05, 0) is 30.3 Å². The van der Waals surface area contributed by atoms with Crippen molar-refractivity contribution >= 4 is 11.6 Å².